The molecule has 0 N–H and O–H groups in total. The van der Waals surface area contributed by atoms with Gasteiger partial charge in [0, 0.05) is 25.6 Å². The summed E-state index contributed by atoms with van der Waals surface area (Å²) in [6.07, 6.45) is -0.634. The quantitative estimate of drug-likeness (QED) is 0.700. The molecule has 2 rings (SSSR count). The number of sulfonamides is 1. The van der Waals surface area contributed by atoms with Gasteiger partial charge in [-0.25, -0.2) is 22.4 Å². The lowest BCUT2D eigenvalue weighted by Gasteiger charge is -2.39. The second kappa shape index (κ2) is 4.51. The van der Waals surface area contributed by atoms with Crippen LogP contribution >= 0.6 is 0 Å². The Labute approximate surface area is 106 Å². The first kappa shape index (κ1) is 13.3. The highest BCUT2D eigenvalue weighted by Crippen LogP contribution is 2.24. The van der Waals surface area contributed by atoms with E-state index in [1.807, 2.05) is 0 Å². The third-order valence-electron chi connectivity index (χ3n) is 3.16. The summed E-state index contributed by atoms with van der Waals surface area (Å²) in [5, 5.41) is -0.447. The molecule has 18 heavy (non-hydrogen) atoms. The third kappa shape index (κ3) is 2.22. The van der Waals surface area contributed by atoms with Gasteiger partial charge < -0.3 is 4.74 Å². The standard InChI is InChI=1S/C10H16N2O5S/c1-7(2)18(15,16)11-3-8(4-11)5-12-9(13)6-17-10(12)14/h7-8H,3-6H2,1-2H3. The topological polar surface area (TPSA) is 84.0 Å². The van der Waals surface area contributed by atoms with Gasteiger partial charge in [0.1, 0.15) is 0 Å². The van der Waals surface area contributed by atoms with Crippen molar-refractivity contribution in [2.75, 3.05) is 26.2 Å². The van der Waals surface area contributed by atoms with E-state index in [4.69, 9.17) is 0 Å². The fraction of sp³-hybridized carbons (Fsp3) is 0.800. The molecule has 2 amide bonds. The monoisotopic (exact) mass is 276 g/mol. The lowest BCUT2D eigenvalue weighted by molar-refractivity contribution is -0.126. The number of carbonyl (C=O) groups excluding carboxylic acids is 2. The van der Waals surface area contributed by atoms with Crippen molar-refractivity contribution < 1.29 is 22.7 Å². The summed E-state index contributed by atoms with van der Waals surface area (Å²) in [5.41, 5.74) is 0. The minimum Gasteiger partial charge on any atom is -0.439 e. The maximum atomic E-state index is 11.8. The van der Waals surface area contributed by atoms with Crippen LogP contribution < -0.4 is 0 Å². The number of amides is 2. The molecule has 2 aliphatic heterocycles. The molecule has 2 aliphatic rings. The summed E-state index contributed by atoms with van der Waals surface area (Å²) in [6, 6.07) is 0. The summed E-state index contributed by atoms with van der Waals surface area (Å²) in [6.45, 7) is 4.00. The first-order valence-electron chi connectivity index (χ1n) is 5.78. The fourth-order valence-electron chi connectivity index (χ4n) is 1.96. The van der Waals surface area contributed by atoms with Gasteiger partial charge in [-0.1, -0.05) is 0 Å². The molecule has 0 aliphatic carbocycles. The summed E-state index contributed by atoms with van der Waals surface area (Å²) >= 11 is 0. The molecule has 0 aromatic rings. The zero-order chi connectivity index (χ0) is 13.5. The Balaban J connectivity index is 1.87. The van der Waals surface area contributed by atoms with Crippen molar-refractivity contribution in [2.45, 2.75) is 19.1 Å². The normalized spacial score (nSPS) is 22.5. The van der Waals surface area contributed by atoms with Gasteiger partial charge in [0.2, 0.25) is 10.0 Å². The van der Waals surface area contributed by atoms with E-state index in [-0.39, 0.29) is 25.0 Å². The Kier molecular flexibility index (Phi) is 3.33. The number of hydrogen-bond acceptors (Lipinski definition) is 5. The van der Waals surface area contributed by atoms with E-state index in [1.165, 1.54) is 4.31 Å². The lowest BCUT2D eigenvalue weighted by Crippen LogP contribution is -2.55. The van der Waals surface area contributed by atoms with Crippen LogP contribution in [0.4, 0.5) is 4.79 Å². The van der Waals surface area contributed by atoms with E-state index in [0.717, 1.165) is 4.90 Å². The van der Waals surface area contributed by atoms with Gasteiger partial charge in [-0.05, 0) is 13.8 Å². The highest BCUT2D eigenvalue weighted by Gasteiger charge is 2.41. The molecule has 0 aromatic heterocycles. The number of rotatable bonds is 4. The Morgan fingerprint density at radius 1 is 1.33 bits per heavy atom. The highest BCUT2D eigenvalue weighted by molar-refractivity contribution is 7.89. The zero-order valence-electron chi connectivity index (χ0n) is 10.3. The molecular weight excluding hydrogens is 260 g/mol. The Bertz CT molecular complexity index is 451. The van der Waals surface area contributed by atoms with E-state index in [1.54, 1.807) is 13.8 Å². The van der Waals surface area contributed by atoms with Gasteiger partial charge >= 0.3 is 6.09 Å². The number of imide groups is 1. The van der Waals surface area contributed by atoms with Crippen molar-refractivity contribution in [1.82, 2.24) is 9.21 Å². The van der Waals surface area contributed by atoms with Crippen LogP contribution in [0.1, 0.15) is 13.8 Å². The van der Waals surface area contributed by atoms with Gasteiger partial charge in [0.25, 0.3) is 5.91 Å². The molecule has 0 atom stereocenters. The molecule has 0 bridgehead atoms. The smallest absolute Gasteiger partial charge is 0.417 e. The molecular formula is C10H16N2O5S. The van der Waals surface area contributed by atoms with E-state index in [9.17, 15) is 18.0 Å². The van der Waals surface area contributed by atoms with Crippen LogP contribution in [0.25, 0.3) is 0 Å². The number of carbonyl (C=O) groups is 2. The van der Waals surface area contributed by atoms with E-state index in [2.05, 4.69) is 4.74 Å². The van der Waals surface area contributed by atoms with Crippen LogP contribution in [-0.4, -0.2) is 61.1 Å². The summed E-state index contributed by atoms with van der Waals surface area (Å²) in [5.74, 6) is -0.349. The van der Waals surface area contributed by atoms with Crippen molar-refractivity contribution in [3.8, 4) is 0 Å². The van der Waals surface area contributed by atoms with Crippen LogP contribution in [0.2, 0.25) is 0 Å². The molecule has 2 saturated heterocycles. The first-order valence-corrected chi connectivity index (χ1v) is 7.28. The molecule has 7 nitrogen and oxygen atoms in total. The molecule has 0 aromatic carbocycles. The number of nitrogens with zero attached hydrogens (tertiary/aromatic N) is 2. The zero-order valence-corrected chi connectivity index (χ0v) is 11.1. The van der Waals surface area contributed by atoms with Crippen LogP contribution in [0, 0.1) is 5.92 Å². The number of cyclic esters (lactones) is 1. The third-order valence-corrected chi connectivity index (χ3v) is 5.37. The highest BCUT2D eigenvalue weighted by atomic mass is 32.2. The Hall–Kier alpha value is -1.15. The first-order chi connectivity index (χ1) is 8.32. The Morgan fingerprint density at radius 3 is 2.39 bits per heavy atom. The maximum Gasteiger partial charge on any atom is 0.417 e. The predicted octanol–water partition coefficient (Wildman–Crippen LogP) is -0.365. The van der Waals surface area contributed by atoms with Crippen molar-refractivity contribution in [1.29, 1.82) is 0 Å². The van der Waals surface area contributed by atoms with Gasteiger partial charge in [0.15, 0.2) is 6.61 Å². The van der Waals surface area contributed by atoms with Gasteiger partial charge in [-0.15, -0.1) is 0 Å². The average molecular weight is 276 g/mol. The Morgan fingerprint density at radius 2 is 1.94 bits per heavy atom. The second-order valence-electron chi connectivity index (χ2n) is 4.84. The van der Waals surface area contributed by atoms with Crippen LogP contribution in [-0.2, 0) is 19.6 Å². The maximum absolute atomic E-state index is 11.8. The number of ether oxygens (including phenoxy) is 1. The molecule has 2 heterocycles. The van der Waals surface area contributed by atoms with E-state index >= 15 is 0 Å². The molecule has 102 valence electrons. The molecule has 0 saturated carbocycles. The summed E-state index contributed by atoms with van der Waals surface area (Å²) < 4.78 is 29.5. The van der Waals surface area contributed by atoms with Gasteiger partial charge in [-0.2, -0.15) is 0 Å². The minimum atomic E-state index is -3.22. The van der Waals surface area contributed by atoms with Crippen molar-refractivity contribution in [3.63, 3.8) is 0 Å². The van der Waals surface area contributed by atoms with Crippen molar-refractivity contribution in [3.05, 3.63) is 0 Å². The molecule has 0 spiro atoms. The predicted molar refractivity (Wildman–Crippen MR) is 62.2 cm³/mol. The van der Waals surface area contributed by atoms with Crippen molar-refractivity contribution >= 4 is 22.0 Å². The number of hydrogen-bond donors (Lipinski definition) is 0. The molecule has 2 fully saturated rings. The summed E-state index contributed by atoms with van der Waals surface area (Å²) in [7, 11) is -3.22. The van der Waals surface area contributed by atoms with Gasteiger partial charge in [-0.3, -0.25) is 4.79 Å². The van der Waals surface area contributed by atoms with Crippen molar-refractivity contribution in [2.24, 2.45) is 5.92 Å². The summed E-state index contributed by atoms with van der Waals surface area (Å²) in [4.78, 5) is 23.5. The fourth-order valence-corrected chi connectivity index (χ4v) is 3.39. The molecule has 0 radical (unpaired) electrons. The van der Waals surface area contributed by atoms with Crippen LogP contribution in [0.3, 0.4) is 0 Å². The second-order valence-corrected chi connectivity index (χ2v) is 7.32. The lowest BCUT2D eigenvalue weighted by atomic mass is 10.0. The largest absolute Gasteiger partial charge is 0.439 e. The van der Waals surface area contributed by atoms with Crippen LogP contribution in [0.15, 0.2) is 0 Å². The SMILES string of the molecule is CC(C)S(=O)(=O)N1CC(CN2C(=O)COC2=O)C1. The molecule has 8 heteroatoms. The minimum absolute atomic E-state index is 0.00752. The molecule has 0 unspecified atom stereocenters. The van der Waals surface area contributed by atoms with Gasteiger partial charge in [0.05, 0.1) is 5.25 Å². The van der Waals surface area contributed by atoms with E-state index < -0.39 is 21.4 Å². The average Bonchev–Trinajstić information content (AvgIpc) is 2.52. The van der Waals surface area contributed by atoms with E-state index in [0.29, 0.717) is 13.1 Å². The van der Waals surface area contributed by atoms with Crippen LogP contribution in [0.5, 0.6) is 0 Å².